The Morgan fingerprint density at radius 3 is 1.19 bits per heavy atom. The summed E-state index contributed by atoms with van der Waals surface area (Å²) in [6, 6.07) is 46.9. The zero-order valence-electron chi connectivity index (χ0n) is 30.0. The first-order chi connectivity index (χ1) is 26.5. The van der Waals surface area contributed by atoms with E-state index in [2.05, 4.69) is 79.1 Å². The molecular formula is C50H38O4. The van der Waals surface area contributed by atoms with Gasteiger partial charge in [0.05, 0.1) is 0 Å². The standard InChI is InChI=1S/C50H38O4/c1-6-31-51-44-25-17-39(18-26-44)41-21-29-48(53-33-8-3)46(35-41)50(5,43-23-15-38(16-24-43)37-13-11-10-12-14-37)47-36-42(22-30-49(47)54-34-9-4)40-19-27-45(28-20-40)52-32-7-2/h1-4,10-30,35-36H,31-34H2,5H3. The van der Waals surface area contributed by atoms with Crippen LogP contribution in [-0.2, 0) is 5.41 Å². The average molecular weight is 703 g/mol. The maximum Gasteiger partial charge on any atom is 0.148 e. The molecule has 0 spiro atoms. The summed E-state index contributed by atoms with van der Waals surface area (Å²) in [5.74, 6) is 13.0. The van der Waals surface area contributed by atoms with Crippen LogP contribution in [0.1, 0.15) is 23.6 Å². The minimum absolute atomic E-state index is 0.0885. The smallest absolute Gasteiger partial charge is 0.148 e. The third kappa shape index (κ3) is 8.12. The van der Waals surface area contributed by atoms with Gasteiger partial charge in [-0.2, -0.15) is 0 Å². The molecule has 0 aliphatic rings. The third-order valence-electron chi connectivity index (χ3n) is 9.25. The summed E-state index contributed by atoms with van der Waals surface area (Å²) in [6.07, 6.45) is 22.3. The molecule has 0 saturated heterocycles. The van der Waals surface area contributed by atoms with E-state index in [1.807, 2.05) is 91.0 Å². The van der Waals surface area contributed by atoms with Crippen LogP contribution in [0.3, 0.4) is 0 Å². The van der Waals surface area contributed by atoms with Crippen molar-refractivity contribution < 1.29 is 18.9 Å². The van der Waals surface area contributed by atoms with Crippen molar-refractivity contribution >= 4 is 0 Å². The first kappa shape index (κ1) is 36.5. The lowest BCUT2D eigenvalue weighted by atomic mass is 9.69. The van der Waals surface area contributed by atoms with E-state index >= 15 is 0 Å². The van der Waals surface area contributed by atoms with Gasteiger partial charge < -0.3 is 18.9 Å². The first-order valence-corrected chi connectivity index (χ1v) is 17.4. The van der Waals surface area contributed by atoms with Gasteiger partial charge in [0, 0.05) is 16.5 Å². The fourth-order valence-electron chi connectivity index (χ4n) is 6.51. The molecule has 6 aromatic carbocycles. The SMILES string of the molecule is C#CCOc1ccc(-c2ccc(OCC#C)c(C(C)(c3ccc(-c4ccccc4)cc3)c3cc(-c4ccc(OCC#C)cc4)ccc3OCC#C)c2)cc1. The number of benzene rings is 6. The van der Waals surface area contributed by atoms with Gasteiger partial charge in [0.2, 0.25) is 0 Å². The zero-order chi connectivity index (χ0) is 37.8. The molecule has 4 nitrogen and oxygen atoms in total. The Morgan fingerprint density at radius 1 is 0.407 bits per heavy atom. The van der Waals surface area contributed by atoms with E-state index in [1.54, 1.807) is 0 Å². The lowest BCUT2D eigenvalue weighted by molar-refractivity contribution is 0.352. The Kier molecular flexibility index (Phi) is 11.7. The van der Waals surface area contributed by atoms with Crippen LogP contribution in [0.2, 0.25) is 0 Å². The van der Waals surface area contributed by atoms with Crippen LogP contribution >= 0.6 is 0 Å². The van der Waals surface area contributed by atoms with Gasteiger partial charge in [-0.3, -0.25) is 0 Å². The molecule has 262 valence electrons. The van der Waals surface area contributed by atoms with E-state index in [1.165, 1.54) is 0 Å². The zero-order valence-corrected chi connectivity index (χ0v) is 30.0. The van der Waals surface area contributed by atoms with Gasteiger partial charge in [-0.15, -0.1) is 25.7 Å². The molecule has 0 radical (unpaired) electrons. The molecule has 0 bridgehead atoms. The van der Waals surface area contributed by atoms with Crippen molar-refractivity contribution in [2.75, 3.05) is 26.4 Å². The van der Waals surface area contributed by atoms with Gasteiger partial charge in [-0.1, -0.05) is 115 Å². The molecule has 0 aromatic heterocycles. The van der Waals surface area contributed by atoms with E-state index < -0.39 is 5.41 Å². The van der Waals surface area contributed by atoms with Crippen molar-refractivity contribution in [3.63, 3.8) is 0 Å². The van der Waals surface area contributed by atoms with Gasteiger partial charge in [-0.25, -0.2) is 0 Å². The Balaban J connectivity index is 1.58. The number of ether oxygens (including phenoxy) is 4. The van der Waals surface area contributed by atoms with Crippen molar-refractivity contribution in [3.05, 3.63) is 156 Å². The second kappa shape index (κ2) is 17.3. The predicted octanol–water partition coefficient (Wildman–Crippen LogP) is 10.1. The molecule has 6 aromatic rings. The fraction of sp³-hybridized carbons (Fsp3) is 0.120. The molecule has 4 heteroatoms. The molecule has 6 rings (SSSR count). The second-order valence-electron chi connectivity index (χ2n) is 12.5. The van der Waals surface area contributed by atoms with E-state index in [0.29, 0.717) is 23.0 Å². The summed E-state index contributed by atoms with van der Waals surface area (Å²) in [5.41, 5.74) is 8.04. The minimum atomic E-state index is -0.860. The van der Waals surface area contributed by atoms with Crippen molar-refractivity contribution in [1.29, 1.82) is 0 Å². The molecular weight excluding hydrogens is 665 g/mol. The lowest BCUT2D eigenvalue weighted by Gasteiger charge is -2.35. The molecule has 0 aliphatic carbocycles. The van der Waals surface area contributed by atoms with Crippen LogP contribution < -0.4 is 18.9 Å². The highest BCUT2D eigenvalue weighted by atomic mass is 16.5. The maximum atomic E-state index is 6.33. The van der Waals surface area contributed by atoms with Crippen molar-refractivity contribution in [3.8, 4) is 106 Å². The van der Waals surface area contributed by atoms with Gasteiger partial charge in [-0.05, 0) is 94.4 Å². The summed E-state index contributed by atoms with van der Waals surface area (Å²) in [7, 11) is 0. The van der Waals surface area contributed by atoms with E-state index in [-0.39, 0.29) is 26.4 Å². The molecule has 0 N–H and O–H groups in total. The molecule has 0 saturated carbocycles. The number of terminal acetylenes is 4. The lowest BCUT2D eigenvalue weighted by Crippen LogP contribution is -2.27. The van der Waals surface area contributed by atoms with Crippen molar-refractivity contribution in [2.24, 2.45) is 0 Å². The van der Waals surface area contributed by atoms with Crippen LogP contribution in [0, 0.1) is 49.4 Å². The Hall–Kier alpha value is -7.24. The van der Waals surface area contributed by atoms with E-state index in [4.69, 9.17) is 44.6 Å². The van der Waals surface area contributed by atoms with Gasteiger partial charge >= 0.3 is 0 Å². The number of hydrogen-bond acceptors (Lipinski definition) is 4. The van der Waals surface area contributed by atoms with Crippen LogP contribution in [0.25, 0.3) is 33.4 Å². The highest BCUT2D eigenvalue weighted by Crippen LogP contribution is 2.49. The highest BCUT2D eigenvalue weighted by molar-refractivity contribution is 5.73. The van der Waals surface area contributed by atoms with Gasteiger partial charge in [0.25, 0.3) is 0 Å². The Morgan fingerprint density at radius 2 is 0.759 bits per heavy atom. The summed E-state index contributed by atoms with van der Waals surface area (Å²) < 4.78 is 23.9. The molecule has 0 aliphatic heterocycles. The monoisotopic (exact) mass is 702 g/mol. The van der Waals surface area contributed by atoms with Gasteiger partial charge in [0.1, 0.15) is 49.4 Å². The topological polar surface area (TPSA) is 36.9 Å². The Bertz CT molecular complexity index is 2230. The fourth-order valence-corrected chi connectivity index (χ4v) is 6.51. The molecule has 0 atom stereocenters. The minimum Gasteiger partial charge on any atom is -0.481 e. The maximum absolute atomic E-state index is 6.33. The van der Waals surface area contributed by atoms with Crippen LogP contribution in [0.4, 0.5) is 0 Å². The molecule has 0 unspecified atom stereocenters. The second-order valence-corrected chi connectivity index (χ2v) is 12.5. The first-order valence-electron chi connectivity index (χ1n) is 17.4. The predicted molar refractivity (Wildman–Crippen MR) is 219 cm³/mol. The van der Waals surface area contributed by atoms with Crippen molar-refractivity contribution in [2.45, 2.75) is 12.3 Å². The van der Waals surface area contributed by atoms with Crippen LogP contribution in [-0.4, -0.2) is 26.4 Å². The largest absolute Gasteiger partial charge is 0.481 e. The van der Waals surface area contributed by atoms with E-state index in [0.717, 1.165) is 50.1 Å². The molecule has 54 heavy (non-hydrogen) atoms. The summed E-state index contributed by atoms with van der Waals surface area (Å²) in [6.45, 7) is 2.75. The quantitative estimate of drug-likeness (QED) is 0.0837. The summed E-state index contributed by atoms with van der Waals surface area (Å²) in [5, 5.41) is 0. The number of rotatable bonds is 14. The van der Waals surface area contributed by atoms with Gasteiger partial charge in [0.15, 0.2) is 0 Å². The van der Waals surface area contributed by atoms with Crippen LogP contribution in [0.5, 0.6) is 23.0 Å². The molecule has 0 heterocycles. The van der Waals surface area contributed by atoms with Crippen LogP contribution in [0.15, 0.2) is 140 Å². The van der Waals surface area contributed by atoms with Crippen molar-refractivity contribution in [1.82, 2.24) is 0 Å². The average Bonchev–Trinajstić information content (AvgIpc) is 3.24. The molecule has 0 amide bonds. The van der Waals surface area contributed by atoms with E-state index in [9.17, 15) is 0 Å². The highest BCUT2D eigenvalue weighted by Gasteiger charge is 2.37. The molecule has 0 fully saturated rings. The summed E-state index contributed by atoms with van der Waals surface area (Å²) in [4.78, 5) is 0. The number of hydrogen-bond donors (Lipinski definition) is 0. The normalized spacial score (nSPS) is 10.5. The third-order valence-corrected chi connectivity index (χ3v) is 9.25. The summed E-state index contributed by atoms with van der Waals surface area (Å²) >= 11 is 0. The Labute approximate surface area is 318 Å².